The number of benzene rings is 6. The first kappa shape index (κ1) is 22.2. The van der Waals surface area contributed by atoms with Crippen LogP contribution in [0, 0.1) is 0 Å². The minimum atomic E-state index is 0.913. The Hall–Kier alpha value is -4.86. The number of thiophene rings is 1. The van der Waals surface area contributed by atoms with Gasteiger partial charge in [-0.2, -0.15) is 0 Å². The first-order chi connectivity index (χ1) is 19.3. The number of anilines is 2. The molecule has 0 unspecified atom stereocenters. The predicted octanol–water partition coefficient (Wildman–Crippen LogP) is 11.0. The third kappa shape index (κ3) is 3.70. The first-order valence-electron chi connectivity index (χ1n) is 13.1. The monoisotopic (exact) mass is 517 g/mol. The van der Waals surface area contributed by atoms with Crippen LogP contribution in [0.2, 0.25) is 0 Å². The van der Waals surface area contributed by atoms with Crippen LogP contribution in [0.3, 0.4) is 0 Å². The van der Waals surface area contributed by atoms with Gasteiger partial charge in [0.15, 0.2) is 0 Å². The minimum Gasteiger partial charge on any atom is -0.455 e. The fourth-order valence-corrected chi connectivity index (χ4v) is 6.79. The van der Waals surface area contributed by atoms with E-state index in [9.17, 15) is 0 Å². The fraction of sp³-hybridized carbons (Fsp3) is 0. The second kappa shape index (κ2) is 8.87. The number of hydrogen-bond donors (Lipinski definition) is 1. The lowest BCUT2D eigenvalue weighted by Crippen LogP contribution is -1.93. The molecule has 0 saturated heterocycles. The van der Waals surface area contributed by atoms with Gasteiger partial charge in [-0.1, -0.05) is 97.1 Å². The lowest BCUT2D eigenvalue weighted by molar-refractivity contribution is 0.670. The Morgan fingerprint density at radius 2 is 1.18 bits per heavy atom. The Morgan fingerprint density at radius 1 is 0.462 bits per heavy atom. The Bertz CT molecular complexity index is 2150. The molecule has 8 aromatic rings. The van der Waals surface area contributed by atoms with Crippen molar-refractivity contribution in [3.8, 4) is 22.3 Å². The van der Waals surface area contributed by atoms with Crippen molar-refractivity contribution in [2.24, 2.45) is 0 Å². The highest BCUT2D eigenvalue weighted by Gasteiger charge is 2.16. The van der Waals surface area contributed by atoms with Gasteiger partial charge >= 0.3 is 0 Å². The maximum absolute atomic E-state index is 6.41. The molecule has 184 valence electrons. The van der Waals surface area contributed by atoms with Crippen LogP contribution in [-0.4, -0.2) is 0 Å². The van der Waals surface area contributed by atoms with Crippen LogP contribution in [0.5, 0.6) is 0 Å². The minimum absolute atomic E-state index is 0.913. The summed E-state index contributed by atoms with van der Waals surface area (Å²) in [6.45, 7) is 0. The number of fused-ring (bicyclic) bond motifs is 6. The lowest BCUT2D eigenvalue weighted by Gasteiger charge is -2.14. The molecule has 0 fully saturated rings. The standard InChI is InChI=1S/C36H23NOS/c1-2-9-23(10-3-1)32-21-24(37-25-18-20-29-28-12-5-7-16-34(28)39-35(29)22-25)17-19-26(32)30-13-8-14-31-27-11-4-6-15-33(27)38-36(30)31/h1-22,37H. The van der Waals surface area contributed by atoms with E-state index in [0.717, 1.165) is 50.0 Å². The van der Waals surface area contributed by atoms with Crippen LogP contribution in [0.25, 0.3) is 64.4 Å². The molecule has 0 aliphatic rings. The first-order valence-corrected chi connectivity index (χ1v) is 13.9. The zero-order chi connectivity index (χ0) is 25.8. The van der Waals surface area contributed by atoms with Crippen molar-refractivity contribution in [3.63, 3.8) is 0 Å². The summed E-state index contributed by atoms with van der Waals surface area (Å²) in [5.41, 5.74) is 8.55. The Balaban J connectivity index is 1.26. The summed E-state index contributed by atoms with van der Waals surface area (Å²) in [7, 11) is 0. The van der Waals surface area contributed by atoms with Crippen LogP contribution in [0.1, 0.15) is 0 Å². The number of para-hydroxylation sites is 2. The SMILES string of the molecule is c1ccc(-c2cc(Nc3ccc4c(c3)sc3ccccc34)ccc2-c2cccc3c2oc2ccccc23)cc1. The van der Waals surface area contributed by atoms with E-state index < -0.39 is 0 Å². The van der Waals surface area contributed by atoms with Gasteiger partial charge in [0, 0.05) is 47.9 Å². The van der Waals surface area contributed by atoms with Gasteiger partial charge in [-0.15, -0.1) is 11.3 Å². The average molecular weight is 518 g/mol. The molecule has 2 aromatic heterocycles. The van der Waals surface area contributed by atoms with Gasteiger partial charge in [-0.3, -0.25) is 0 Å². The molecule has 6 aromatic carbocycles. The van der Waals surface area contributed by atoms with Gasteiger partial charge in [0.25, 0.3) is 0 Å². The van der Waals surface area contributed by atoms with Crippen LogP contribution in [-0.2, 0) is 0 Å². The molecular weight excluding hydrogens is 494 g/mol. The van der Waals surface area contributed by atoms with E-state index in [-0.39, 0.29) is 0 Å². The van der Waals surface area contributed by atoms with E-state index in [1.807, 2.05) is 23.5 Å². The summed E-state index contributed by atoms with van der Waals surface area (Å²) in [6, 6.07) is 47.2. The molecule has 1 N–H and O–H groups in total. The largest absolute Gasteiger partial charge is 0.455 e. The smallest absolute Gasteiger partial charge is 0.143 e. The van der Waals surface area contributed by atoms with Crippen molar-refractivity contribution in [2.45, 2.75) is 0 Å². The van der Waals surface area contributed by atoms with Crippen molar-refractivity contribution in [3.05, 3.63) is 133 Å². The van der Waals surface area contributed by atoms with Gasteiger partial charge in [0.05, 0.1) is 0 Å². The Morgan fingerprint density at radius 3 is 2.10 bits per heavy atom. The van der Waals surface area contributed by atoms with Gasteiger partial charge in [-0.25, -0.2) is 0 Å². The van der Waals surface area contributed by atoms with E-state index in [1.165, 1.54) is 25.7 Å². The predicted molar refractivity (Wildman–Crippen MR) is 167 cm³/mol. The van der Waals surface area contributed by atoms with Crippen LogP contribution in [0.4, 0.5) is 11.4 Å². The van der Waals surface area contributed by atoms with E-state index in [0.29, 0.717) is 0 Å². The third-order valence-electron chi connectivity index (χ3n) is 7.47. The molecule has 0 aliphatic carbocycles. The highest BCUT2D eigenvalue weighted by atomic mass is 32.1. The van der Waals surface area contributed by atoms with E-state index in [4.69, 9.17) is 4.42 Å². The van der Waals surface area contributed by atoms with Gasteiger partial charge in [0.2, 0.25) is 0 Å². The summed E-state index contributed by atoms with van der Waals surface area (Å²) < 4.78 is 9.02. The Kier molecular flexibility index (Phi) is 5.04. The number of hydrogen-bond acceptors (Lipinski definition) is 3. The lowest BCUT2D eigenvalue weighted by atomic mass is 9.93. The second-order valence-corrected chi connectivity index (χ2v) is 10.9. The maximum Gasteiger partial charge on any atom is 0.143 e. The molecule has 0 radical (unpaired) electrons. The van der Waals surface area contributed by atoms with Crippen molar-refractivity contribution in [1.29, 1.82) is 0 Å². The molecule has 0 aliphatic heterocycles. The quantitative estimate of drug-likeness (QED) is 0.251. The number of furan rings is 1. The van der Waals surface area contributed by atoms with E-state index >= 15 is 0 Å². The molecule has 0 spiro atoms. The molecular formula is C36H23NOS. The topological polar surface area (TPSA) is 25.2 Å². The highest BCUT2D eigenvalue weighted by Crippen LogP contribution is 2.41. The zero-order valence-corrected chi connectivity index (χ0v) is 21.8. The summed E-state index contributed by atoms with van der Waals surface area (Å²) >= 11 is 1.84. The van der Waals surface area contributed by atoms with E-state index in [1.54, 1.807) is 0 Å². The second-order valence-electron chi connectivity index (χ2n) is 9.84. The summed E-state index contributed by atoms with van der Waals surface area (Å²) in [5, 5.41) is 8.58. The van der Waals surface area contributed by atoms with Gasteiger partial charge in [0.1, 0.15) is 11.2 Å². The summed E-state index contributed by atoms with van der Waals surface area (Å²) in [4.78, 5) is 0. The Labute approximate surface area is 229 Å². The zero-order valence-electron chi connectivity index (χ0n) is 21.0. The normalized spacial score (nSPS) is 11.6. The molecule has 3 heteroatoms. The number of rotatable bonds is 4. The molecule has 39 heavy (non-hydrogen) atoms. The molecule has 2 nitrogen and oxygen atoms in total. The van der Waals surface area contributed by atoms with Crippen molar-refractivity contribution in [1.82, 2.24) is 0 Å². The van der Waals surface area contributed by atoms with Gasteiger partial charge < -0.3 is 9.73 Å². The molecule has 0 amide bonds. The van der Waals surface area contributed by atoms with Crippen LogP contribution < -0.4 is 5.32 Å². The maximum atomic E-state index is 6.41. The van der Waals surface area contributed by atoms with Crippen molar-refractivity contribution >= 4 is 64.8 Å². The average Bonchev–Trinajstić information content (AvgIpc) is 3.56. The summed E-state index contributed by atoms with van der Waals surface area (Å²) in [6.07, 6.45) is 0. The van der Waals surface area contributed by atoms with Gasteiger partial charge in [-0.05, 0) is 53.1 Å². The van der Waals surface area contributed by atoms with Crippen molar-refractivity contribution < 1.29 is 4.42 Å². The molecule has 2 heterocycles. The molecule has 8 rings (SSSR count). The molecule has 0 bridgehead atoms. The third-order valence-corrected chi connectivity index (χ3v) is 8.60. The molecule has 0 atom stereocenters. The highest BCUT2D eigenvalue weighted by molar-refractivity contribution is 7.25. The number of nitrogens with one attached hydrogen (secondary N) is 1. The van der Waals surface area contributed by atoms with Crippen LogP contribution in [0.15, 0.2) is 138 Å². The fourth-order valence-electron chi connectivity index (χ4n) is 5.64. The van der Waals surface area contributed by atoms with E-state index in [2.05, 4.69) is 127 Å². The van der Waals surface area contributed by atoms with Crippen molar-refractivity contribution in [2.75, 3.05) is 5.32 Å². The summed E-state index contributed by atoms with van der Waals surface area (Å²) in [5.74, 6) is 0. The van der Waals surface area contributed by atoms with Crippen LogP contribution >= 0.6 is 11.3 Å². The molecule has 0 saturated carbocycles.